The van der Waals surface area contributed by atoms with E-state index in [9.17, 15) is 13.2 Å². The molecule has 0 radical (unpaired) electrons. The number of piperidine rings is 1. The first kappa shape index (κ1) is 29.8. The topological polar surface area (TPSA) is 28.5 Å². The summed E-state index contributed by atoms with van der Waals surface area (Å²) in [5.74, 6) is -0.0126. The zero-order valence-electron chi connectivity index (χ0n) is 24.9. The van der Waals surface area contributed by atoms with Gasteiger partial charge in [0.1, 0.15) is 0 Å². The number of aliphatic imine (C=N–C) groups is 1. The molecular weight excluding hydrogens is 539 g/mol. The molecule has 7 heteroatoms. The largest absolute Gasteiger partial charge is 0.416 e. The van der Waals surface area contributed by atoms with Crippen LogP contribution in [0.2, 0.25) is 0 Å². The molecule has 0 bridgehead atoms. The molecule has 1 aromatic heterocycles. The highest BCUT2D eigenvalue weighted by Gasteiger charge is 2.49. The molecule has 3 heterocycles. The van der Waals surface area contributed by atoms with Crippen molar-refractivity contribution in [2.24, 2.45) is 21.7 Å². The minimum absolute atomic E-state index is 0.0900. The van der Waals surface area contributed by atoms with Gasteiger partial charge in [0, 0.05) is 47.8 Å². The second-order valence-corrected chi connectivity index (χ2v) is 14.0. The molecule has 2 aliphatic carbocycles. The molecule has 2 aliphatic heterocycles. The Bertz CT molecular complexity index is 1390. The zero-order valence-corrected chi connectivity index (χ0v) is 25.7. The van der Waals surface area contributed by atoms with E-state index in [0.717, 1.165) is 79.4 Å². The van der Waals surface area contributed by atoms with Gasteiger partial charge in [-0.2, -0.15) is 13.2 Å². The minimum atomic E-state index is -4.40. The summed E-state index contributed by atoms with van der Waals surface area (Å²) in [5.41, 5.74) is 6.53. The number of halogens is 3. The lowest BCUT2D eigenvalue weighted by atomic mass is 9.57. The lowest BCUT2D eigenvalue weighted by molar-refractivity contribution is -0.0902. The van der Waals surface area contributed by atoms with Crippen LogP contribution in [0.15, 0.2) is 81.9 Å². The first-order valence-electron chi connectivity index (χ1n) is 14.6. The fourth-order valence-electron chi connectivity index (χ4n) is 7.06. The van der Waals surface area contributed by atoms with Gasteiger partial charge in [-0.25, -0.2) is 4.98 Å². The first-order chi connectivity index (χ1) is 19.1. The number of likely N-dealkylation sites (tertiary alicyclic amines) is 1. The van der Waals surface area contributed by atoms with E-state index in [4.69, 9.17) is 9.98 Å². The van der Waals surface area contributed by atoms with Crippen LogP contribution in [-0.4, -0.2) is 41.4 Å². The highest BCUT2D eigenvalue weighted by molar-refractivity contribution is 7.10. The maximum atomic E-state index is 13.6. The summed E-state index contributed by atoms with van der Waals surface area (Å²) < 4.78 is 40.8. The fraction of sp³-hybridized carbons (Fsp3) is 0.529. The highest BCUT2D eigenvalue weighted by atomic mass is 32.1. The van der Waals surface area contributed by atoms with E-state index in [1.807, 2.05) is 6.92 Å². The predicted octanol–water partition coefficient (Wildman–Crippen LogP) is 9.35. The maximum absolute atomic E-state index is 13.6. The maximum Gasteiger partial charge on any atom is 0.416 e. The molecule has 4 aliphatic rings. The van der Waals surface area contributed by atoms with Gasteiger partial charge < -0.3 is 4.90 Å². The van der Waals surface area contributed by atoms with Gasteiger partial charge in [-0.1, -0.05) is 62.5 Å². The van der Waals surface area contributed by atoms with Crippen molar-refractivity contribution in [1.29, 1.82) is 0 Å². The third-order valence-electron chi connectivity index (χ3n) is 10.3. The molecule has 41 heavy (non-hydrogen) atoms. The highest BCUT2D eigenvalue weighted by Crippen LogP contribution is 2.56. The van der Waals surface area contributed by atoms with Crippen molar-refractivity contribution in [2.75, 3.05) is 19.6 Å². The first-order valence-corrected chi connectivity index (χ1v) is 15.5. The Morgan fingerprint density at radius 3 is 2.49 bits per heavy atom. The van der Waals surface area contributed by atoms with E-state index in [1.54, 1.807) is 18.3 Å². The Labute approximate surface area is 247 Å². The van der Waals surface area contributed by atoms with Gasteiger partial charge in [-0.05, 0) is 63.0 Å². The normalized spacial score (nSPS) is 27.5. The number of alkyl halides is 3. The van der Waals surface area contributed by atoms with E-state index in [1.165, 1.54) is 17.2 Å². The zero-order chi connectivity index (χ0) is 29.9. The van der Waals surface area contributed by atoms with Crippen LogP contribution in [0.25, 0.3) is 0 Å². The predicted molar refractivity (Wildman–Crippen MR) is 164 cm³/mol. The number of allylic oxidation sites excluding steroid dienone is 6. The van der Waals surface area contributed by atoms with E-state index in [-0.39, 0.29) is 22.3 Å². The van der Waals surface area contributed by atoms with Crippen molar-refractivity contribution in [3.05, 3.63) is 87.6 Å². The summed E-state index contributed by atoms with van der Waals surface area (Å²) in [6.45, 7) is 27.7. The molecule has 2 unspecified atom stereocenters. The third-order valence-corrected chi connectivity index (χ3v) is 11.3. The van der Waals surface area contributed by atoms with Crippen LogP contribution in [0.5, 0.6) is 0 Å². The van der Waals surface area contributed by atoms with Gasteiger partial charge in [-0.15, -0.1) is 11.3 Å². The molecule has 1 saturated carbocycles. The molecule has 1 aromatic rings. The average Bonchev–Trinajstić information content (AvgIpc) is 3.58. The lowest BCUT2D eigenvalue weighted by Crippen LogP contribution is -2.38. The summed E-state index contributed by atoms with van der Waals surface area (Å²) in [7, 11) is 0. The van der Waals surface area contributed by atoms with Gasteiger partial charge >= 0.3 is 6.18 Å². The molecule has 2 atom stereocenters. The molecule has 1 spiro atoms. The summed E-state index contributed by atoms with van der Waals surface area (Å²) in [6, 6.07) is 0. The number of hydrogen-bond donors (Lipinski definition) is 0. The summed E-state index contributed by atoms with van der Waals surface area (Å²) in [6.07, 6.45) is 2.11. The van der Waals surface area contributed by atoms with Crippen molar-refractivity contribution in [3.63, 3.8) is 0 Å². The van der Waals surface area contributed by atoms with Crippen LogP contribution in [-0.2, 0) is 0 Å². The van der Waals surface area contributed by atoms with E-state index in [2.05, 4.69) is 50.4 Å². The molecule has 0 N–H and O–H groups in total. The summed E-state index contributed by atoms with van der Waals surface area (Å²) in [5, 5.41) is 3.29. The van der Waals surface area contributed by atoms with Crippen LogP contribution in [0.4, 0.5) is 13.2 Å². The van der Waals surface area contributed by atoms with Crippen molar-refractivity contribution in [2.45, 2.75) is 78.3 Å². The van der Waals surface area contributed by atoms with Crippen molar-refractivity contribution >= 4 is 17.0 Å². The third kappa shape index (κ3) is 5.35. The van der Waals surface area contributed by atoms with Crippen molar-refractivity contribution < 1.29 is 13.2 Å². The quantitative estimate of drug-likeness (QED) is 0.324. The number of aromatic nitrogens is 1. The molecule has 220 valence electrons. The van der Waals surface area contributed by atoms with Crippen molar-refractivity contribution in [1.82, 2.24) is 9.88 Å². The number of thiazole rings is 1. The minimum Gasteiger partial charge on any atom is -0.375 e. The van der Waals surface area contributed by atoms with Crippen LogP contribution in [0.3, 0.4) is 0 Å². The molecular formula is C34H42F3N3S. The molecule has 5 rings (SSSR count). The Balaban J connectivity index is 1.19. The Hall–Kier alpha value is -2.67. The van der Waals surface area contributed by atoms with Gasteiger partial charge in [0.05, 0.1) is 28.5 Å². The summed E-state index contributed by atoms with van der Waals surface area (Å²) >= 11 is 1.71. The molecule has 0 aromatic carbocycles. The van der Waals surface area contributed by atoms with Gasteiger partial charge in [0.25, 0.3) is 0 Å². The molecule has 2 fully saturated rings. The Morgan fingerprint density at radius 2 is 1.83 bits per heavy atom. The van der Waals surface area contributed by atoms with Gasteiger partial charge in [0.15, 0.2) is 0 Å². The Morgan fingerprint density at radius 1 is 1.15 bits per heavy atom. The smallest absolute Gasteiger partial charge is 0.375 e. The van der Waals surface area contributed by atoms with Crippen LogP contribution in [0.1, 0.15) is 82.8 Å². The van der Waals surface area contributed by atoms with Crippen LogP contribution in [0, 0.1) is 16.7 Å². The monoisotopic (exact) mass is 581 g/mol. The van der Waals surface area contributed by atoms with E-state index in [0.29, 0.717) is 17.9 Å². The SMILES string of the molecule is C=C1C(C(F)(F)F)=CC(C)=C(C)C1CC(=C)N1CCC(c2nc(C3=NCC4(C3)C(=C)CCC(C)(C)C4=C)cs2)CC1. The van der Waals surface area contributed by atoms with Crippen LogP contribution < -0.4 is 0 Å². The molecule has 1 saturated heterocycles. The molecule has 3 nitrogen and oxygen atoms in total. The lowest BCUT2D eigenvalue weighted by Gasteiger charge is -2.46. The fourth-order valence-corrected chi connectivity index (χ4v) is 8.06. The average molecular weight is 582 g/mol. The Kier molecular flexibility index (Phi) is 7.67. The summed E-state index contributed by atoms with van der Waals surface area (Å²) in [4.78, 5) is 12.3. The standard InChI is InChI=1S/C34H42F3N3S/c1-20-15-28(34(35,36)37)24(5)27(23(20)4)16-22(3)40-13-10-26(11-14-40)31-39-30(18-41-31)29-17-33(19-38-29)21(2)9-12-32(7,8)25(33)6/h15,18,26-27H,2-3,5-6,9-14,16-17,19H2,1,4,7-8H3. The number of hydrogen-bond acceptors (Lipinski definition) is 4. The second-order valence-electron chi connectivity index (χ2n) is 13.1. The van der Waals surface area contributed by atoms with E-state index >= 15 is 0 Å². The van der Waals surface area contributed by atoms with E-state index < -0.39 is 11.7 Å². The van der Waals surface area contributed by atoms with Gasteiger partial charge in [-0.3, -0.25) is 4.99 Å². The molecule has 0 amide bonds. The number of rotatable bonds is 5. The number of nitrogens with zero attached hydrogens (tertiary/aromatic N) is 3. The van der Waals surface area contributed by atoms with Gasteiger partial charge in [0.2, 0.25) is 0 Å². The van der Waals surface area contributed by atoms with Crippen LogP contribution >= 0.6 is 11.3 Å². The second kappa shape index (κ2) is 10.6. The van der Waals surface area contributed by atoms with Crippen molar-refractivity contribution in [3.8, 4) is 0 Å².